The zero-order valence-electron chi connectivity index (χ0n) is 17.5. The molecule has 0 amide bonds. The molecule has 1 aliphatic rings. The van der Waals surface area contributed by atoms with Gasteiger partial charge in [-0.05, 0) is 41.6 Å². The minimum Gasteiger partial charge on any atom is -0.494 e. The van der Waals surface area contributed by atoms with Crippen LogP contribution in [-0.4, -0.2) is 12.6 Å². The number of hydrogen-bond donors (Lipinski definition) is 1. The van der Waals surface area contributed by atoms with Gasteiger partial charge in [-0.3, -0.25) is 0 Å². The topological polar surface area (TPSA) is 94.6 Å². The van der Waals surface area contributed by atoms with E-state index in [9.17, 15) is 10.1 Å². The van der Waals surface area contributed by atoms with Crippen LogP contribution in [0.5, 0.6) is 17.2 Å². The molecule has 1 aliphatic heterocycles. The number of nitrogens with two attached hydrogens (primary N) is 1. The Kier molecular flexibility index (Phi) is 6.43. The van der Waals surface area contributed by atoms with E-state index < -0.39 is 11.9 Å². The highest BCUT2D eigenvalue weighted by atomic mass is 32.1. The number of benzene rings is 2. The summed E-state index contributed by atoms with van der Waals surface area (Å²) >= 11 is 1.31. The fourth-order valence-electron chi connectivity index (χ4n) is 3.51. The zero-order chi connectivity index (χ0) is 22.5. The number of hydrogen-bond acceptors (Lipinski definition) is 7. The Morgan fingerprint density at radius 2 is 2.06 bits per heavy atom. The average molecular weight is 447 g/mol. The molecule has 2 heterocycles. The summed E-state index contributed by atoms with van der Waals surface area (Å²) in [5.74, 6) is 0.697. The quantitative estimate of drug-likeness (QED) is 0.298. The van der Waals surface area contributed by atoms with Gasteiger partial charge in [-0.2, -0.15) is 5.26 Å². The van der Waals surface area contributed by atoms with Crippen molar-refractivity contribution in [2.24, 2.45) is 5.73 Å². The van der Waals surface area contributed by atoms with Crippen LogP contribution >= 0.6 is 11.3 Å². The van der Waals surface area contributed by atoms with Crippen molar-refractivity contribution in [3.63, 3.8) is 0 Å². The maximum absolute atomic E-state index is 12.3. The lowest BCUT2D eigenvalue weighted by Gasteiger charge is -2.27. The van der Waals surface area contributed by atoms with E-state index in [2.05, 4.69) is 13.0 Å². The first-order valence-corrected chi connectivity index (χ1v) is 11.2. The van der Waals surface area contributed by atoms with E-state index >= 15 is 0 Å². The zero-order valence-corrected chi connectivity index (χ0v) is 18.4. The number of carbonyl (C=O) groups excluding carboxylic acids is 1. The lowest BCUT2D eigenvalue weighted by Crippen LogP contribution is -2.21. The van der Waals surface area contributed by atoms with Gasteiger partial charge in [0.15, 0.2) is 0 Å². The predicted octanol–water partition coefficient (Wildman–Crippen LogP) is 5.36. The molecule has 0 fully saturated rings. The molecule has 1 aromatic heterocycles. The van der Waals surface area contributed by atoms with Gasteiger partial charge in [-0.15, -0.1) is 11.3 Å². The Hall–Kier alpha value is -3.76. The van der Waals surface area contributed by atoms with Crippen molar-refractivity contribution in [1.82, 2.24) is 0 Å². The molecule has 0 saturated heterocycles. The summed E-state index contributed by atoms with van der Waals surface area (Å²) in [6.07, 6.45) is 2.01. The Balaban J connectivity index is 1.66. The summed E-state index contributed by atoms with van der Waals surface area (Å²) in [6.45, 7) is 2.74. The van der Waals surface area contributed by atoms with Crippen LogP contribution < -0.4 is 19.9 Å². The molecule has 162 valence electrons. The maximum Gasteiger partial charge on any atom is 0.353 e. The number of ether oxygens (including phenoxy) is 3. The standard InChI is InChI=1S/C25H22N2O4S/c1-2-3-11-29-17-7-4-6-16(13-17)23-19-10-9-18(30-25(28)22-8-5-12-32-22)14-21(19)31-24(27)20(23)15-26/h4-10,12-14,23H,2-3,11,27H2,1H3. The number of thiophene rings is 1. The van der Waals surface area contributed by atoms with Crippen LogP contribution in [0.15, 0.2) is 71.4 Å². The highest BCUT2D eigenvalue weighted by Crippen LogP contribution is 2.44. The summed E-state index contributed by atoms with van der Waals surface area (Å²) in [7, 11) is 0. The number of carbonyl (C=O) groups is 1. The van der Waals surface area contributed by atoms with Crippen LogP contribution in [0.25, 0.3) is 0 Å². The van der Waals surface area contributed by atoms with Crippen molar-refractivity contribution >= 4 is 17.3 Å². The molecular formula is C25H22N2O4S. The van der Waals surface area contributed by atoms with E-state index in [1.54, 1.807) is 30.3 Å². The number of esters is 1. The monoisotopic (exact) mass is 446 g/mol. The van der Waals surface area contributed by atoms with Crippen LogP contribution in [0, 0.1) is 11.3 Å². The third-order valence-corrected chi connectivity index (χ3v) is 5.93. The predicted molar refractivity (Wildman–Crippen MR) is 122 cm³/mol. The van der Waals surface area contributed by atoms with Crippen molar-refractivity contribution in [1.29, 1.82) is 5.26 Å². The minimum absolute atomic E-state index is 0.0315. The Labute approximate surface area is 190 Å². The lowest BCUT2D eigenvalue weighted by atomic mass is 9.83. The molecular weight excluding hydrogens is 424 g/mol. The number of unbranched alkanes of at least 4 members (excludes halogenated alkanes) is 1. The van der Waals surface area contributed by atoms with E-state index in [0.717, 1.165) is 29.7 Å². The van der Waals surface area contributed by atoms with Gasteiger partial charge in [0.05, 0.1) is 12.5 Å². The number of nitriles is 1. The molecule has 0 saturated carbocycles. The summed E-state index contributed by atoms with van der Waals surface area (Å²) in [5.41, 5.74) is 8.05. The van der Waals surface area contributed by atoms with Gasteiger partial charge in [0.25, 0.3) is 0 Å². The summed E-state index contributed by atoms with van der Waals surface area (Å²) in [4.78, 5) is 12.8. The first-order valence-electron chi connectivity index (χ1n) is 10.3. The molecule has 3 aromatic rings. The second kappa shape index (κ2) is 9.58. The van der Waals surface area contributed by atoms with Gasteiger partial charge in [0.1, 0.15) is 33.8 Å². The fourth-order valence-corrected chi connectivity index (χ4v) is 4.11. The summed E-state index contributed by atoms with van der Waals surface area (Å²) in [5, 5.41) is 11.6. The largest absolute Gasteiger partial charge is 0.494 e. The first-order chi connectivity index (χ1) is 15.6. The van der Waals surface area contributed by atoms with Crippen LogP contribution in [0.1, 0.15) is 46.5 Å². The molecule has 0 radical (unpaired) electrons. The van der Waals surface area contributed by atoms with E-state index in [-0.39, 0.29) is 5.88 Å². The second-order valence-electron chi connectivity index (χ2n) is 7.27. The lowest BCUT2D eigenvalue weighted by molar-refractivity contribution is 0.0739. The van der Waals surface area contributed by atoms with Crippen LogP contribution in [0.2, 0.25) is 0 Å². The molecule has 2 N–H and O–H groups in total. The molecule has 1 unspecified atom stereocenters. The molecule has 4 rings (SSSR count). The van der Waals surface area contributed by atoms with E-state index in [4.69, 9.17) is 19.9 Å². The Bertz CT molecular complexity index is 1190. The molecule has 7 heteroatoms. The Morgan fingerprint density at radius 3 is 2.81 bits per heavy atom. The smallest absolute Gasteiger partial charge is 0.353 e. The first kappa shape index (κ1) is 21.5. The highest BCUT2D eigenvalue weighted by molar-refractivity contribution is 7.12. The SMILES string of the molecule is CCCCOc1cccc(C2C(C#N)=C(N)Oc3cc(OC(=O)c4cccs4)ccc32)c1. The molecule has 1 atom stereocenters. The van der Waals surface area contributed by atoms with Crippen molar-refractivity contribution in [3.8, 4) is 23.3 Å². The van der Waals surface area contributed by atoms with Crippen LogP contribution in [0.3, 0.4) is 0 Å². The van der Waals surface area contributed by atoms with E-state index in [1.807, 2.05) is 29.6 Å². The third kappa shape index (κ3) is 4.46. The molecule has 32 heavy (non-hydrogen) atoms. The van der Waals surface area contributed by atoms with Crippen molar-refractivity contribution < 1.29 is 19.0 Å². The molecule has 0 bridgehead atoms. The molecule has 2 aromatic carbocycles. The Morgan fingerprint density at radius 1 is 1.19 bits per heavy atom. The van der Waals surface area contributed by atoms with Crippen molar-refractivity contribution in [2.45, 2.75) is 25.7 Å². The average Bonchev–Trinajstić information content (AvgIpc) is 3.34. The van der Waals surface area contributed by atoms with Gasteiger partial charge >= 0.3 is 5.97 Å². The van der Waals surface area contributed by atoms with Crippen molar-refractivity contribution in [3.05, 3.63) is 87.4 Å². The van der Waals surface area contributed by atoms with Gasteiger partial charge in [0, 0.05) is 11.6 Å². The molecule has 0 spiro atoms. The summed E-state index contributed by atoms with van der Waals surface area (Å²) < 4.78 is 17.0. The summed E-state index contributed by atoms with van der Waals surface area (Å²) in [6, 6.07) is 18.4. The van der Waals surface area contributed by atoms with Gasteiger partial charge in [-0.1, -0.05) is 37.6 Å². The third-order valence-electron chi connectivity index (χ3n) is 5.08. The normalized spacial score (nSPS) is 14.8. The number of allylic oxidation sites excluding steroid dienone is 1. The fraction of sp³-hybridized carbons (Fsp3) is 0.200. The number of fused-ring (bicyclic) bond motifs is 1. The van der Waals surface area contributed by atoms with E-state index in [0.29, 0.717) is 28.6 Å². The van der Waals surface area contributed by atoms with E-state index in [1.165, 1.54) is 11.3 Å². The second-order valence-corrected chi connectivity index (χ2v) is 8.21. The molecule has 6 nitrogen and oxygen atoms in total. The minimum atomic E-state index is -0.439. The van der Waals surface area contributed by atoms with Gasteiger partial charge < -0.3 is 19.9 Å². The number of rotatable bonds is 7. The van der Waals surface area contributed by atoms with Crippen LogP contribution in [-0.2, 0) is 0 Å². The van der Waals surface area contributed by atoms with Crippen molar-refractivity contribution in [2.75, 3.05) is 6.61 Å². The van der Waals surface area contributed by atoms with Gasteiger partial charge in [-0.25, -0.2) is 4.79 Å². The maximum atomic E-state index is 12.3. The number of nitrogens with zero attached hydrogens (tertiary/aromatic N) is 1. The van der Waals surface area contributed by atoms with Gasteiger partial charge in [0.2, 0.25) is 5.88 Å². The van der Waals surface area contributed by atoms with Crippen LogP contribution in [0.4, 0.5) is 0 Å². The molecule has 0 aliphatic carbocycles. The highest BCUT2D eigenvalue weighted by Gasteiger charge is 2.31.